The first kappa shape index (κ1) is 15.2. The first-order valence-electron chi connectivity index (χ1n) is 5.52. The number of carbonyl (C=O) groups excluding carboxylic acids is 2. The molecule has 1 unspecified atom stereocenters. The van der Waals surface area contributed by atoms with Crippen molar-refractivity contribution in [3.05, 3.63) is 0 Å². The SMILES string of the molecule is CCCC(NC(=O)NCCCC(N)=O)C(=O)O. The Labute approximate surface area is 99.7 Å². The zero-order valence-corrected chi connectivity index (χ0v) is 9.86. The second-order valence-corrected chi connectivity index (χ2v) is 3.65. The minimum atomic E-state index is -1.06. The molecule has 17 heavy (non-hydrogen) atoms. The van der Waals surface area contributed by atoms with Crippen LogP contribution in [0.1, 0.15) is 32.6 Å². The van der Waals surface area contributed by atoms with Gasteiger partial charge in [0.15, 0.2) is 0 Å². The third-order valence-electron chi connectivity index (χ3n) is 2.07. The van der Waals surface area contributed by atoms with Crippen LogP contribution in [-0.2, 0) is 9.59 Å². The van der Waals surface area contributed by atoms with E-state index in [1.54, 1.807) is 0 Å². The predicted octanol–water partition coefficient (Wildman–Crippen LogP) is -0.196. The molecule has 0 fully saturated rings. The third-order valence-corrected chi connectivity index (χ3v) is 2.07. The molecule has 0 aromatic rings. The molecule has 7 heteroatoms. The molecule has 0 aliphatic heterocycles. The van der Waals surface area contributed by atoms with Crippen LogP contribution in [-0.4, -0.2) is 35.6 Å². The fourth-order valence-corrected chi connectivity index (χ4v) is 1.22. The van der Waals surface area contributed by atoms with E-state index in [2.05, 4.69) is 10.6 Å². The van der Waals surface area contributed by atoms with Gasteiger partial charge in [0, 0.05) is 13.0 Å². The maximum Gasteiger partial charge on any atom is 0.326 e. The number of aliphatic carboxylic acids is 1. The van der Waals surface area contributed by atoms with Crippen molar-refractivity contribution in [3.63, 3.8) is 0 Å². The fourth-order valence-electron chi connectivity index (χ4n) is 1.22. The molecule has 7 nitrogen and oxygen atoms in total. The van der Waals surface area contributed by atoms with Crippen molar-refractivity contribution < 1.29 is 19.5 Å². The first-order valence-corrected chi connectivity index (χ1v) is 5.52. The van der Waals surface area contributed by atoms with Crippen LogP contribution in [0, 0.1) is 0 Å². The highest BCUT2D eigenvalue weighted by Crippen LogP contribution is 1.96. The second-order valence-electron chi connectivity index (χ2n) is 3.65. The van der Waals surface area contributed by atoms with Gasteiger partial charge in [-0.2, -0.15) is 0 Å². The van der Waals surface area contributed by atoms with Gasteiger partial charge in [0.25, 0.3) is 0 Å². The Kier molecular flexibility index (Phi) is 7.49. The Balaban J connectivity index is 3.82. The fraction of sp³-hybridized carbons (Fsp3) is 0.700. The molecule has 0 aliphatic carbocycles. The monoisotopic (exact) mass is 245 g/mol. The number of nitrogens with two attached hydrogens (primary N) is 1. The molecule has 3 amide bonds. The van der Waals surface area contributed by atoms with Crippen LogP contribution in [0.2, 0.25) is 0 Å². The molecule has 5 N–H and O–H groups in total. The zero-order chi connectivity index (χ0) is 13.3. The van der Waals surface area contributed by atoms with E-state index >= 15 is 0 Å². The summed E-state index contributed by atoms with van der Waals surface area (Å²) in [6.45, 7) is 2.12. The molecule has 0 aromatic carbocycles. The van der Waals surface area contributed by atoms with Crippen molar-refractivity contribution in [2.75, 3.05) is 6.54 Å². The van der Waals surface area contributed by atoms with E-state index in [4.69, 9.17) is 10.8 Å². The number of rotatable bonds is 8. The van der Waals surface area contributed by atoms with E-state index in [9.17, 15) is 14.4 Å². The lowest BCUT2D eigenvalue weighted by atomic mass is 10.2. The largest absolute Gasteiger partial charge is 0.480 e. The van der Waals surface area contributed by atoms with Crippen molar-refractivity contribution in [1.82, 2.24) is 10.6 Å². The van der Waals surface area contributed by atoms with E-state index in [1.807, 2.05) is 6.92 Å². The maximum absolute atomic E-state index is 11.3. The minimum absolute atomic E-state index is 0.192. The molecule has 0 spiro atoms. The summed E-state index contributed by atoms with van der Waals surface area (Å²) < 4.78 is 0. The van der Waals surface area contributed by atoms with Gasteiger partial charge in [0.1, 0.15) is 6.04 Å². The van der Waals surface area contributed by atoms with Gasteiger partial charge >= 0.3 is 12.0 Å². The van der Waals surface area contributed by atoms with Crippen molar-refractivity contribution in [2.45, 2.75) is 38.6 Å². The number of hydrogen-bond donors (Lipinski definition) is 4. The number of carboxylic acids is 1. The predicted molar refractivity (Wildman–Crippen MR) is 61.3 cm³/mol. The Hall–Kier alpha value is -1.79. The van der Waals surface area contributed by atoms with Crippen molar-refractivity contribution >= 4 is 17.9 Å². The third kappa shape index (κ3) is 8.06. The first-order chi connectivity index (χ1) is 7.97. The molecule has 0 saturated heterocycles. The highest BCUT2D eigenvalue weighted by Gasteiger charge is 2.18. The van der Waals surface area contributed by atoms with Gasteiger partial charge in [-0.25, -0.2) is 9.59 Å². The lowest BCUT2D eigenvalue weighted by molar-refractivity contribution is -0.139. The molecule has 0 heterocycles. The van der Waals surface area contributed by atoms with Crippen molar-refractivity contribution in [1.29, 1.82) is 0 Å². The van der Waals surface area contributed by atoms with Crippen LogP contribution >= 0.6 is 0 Å². The van der Waals surface area contributed by atoms with Crippen LogP contribution in [0.25, 0.3) is 0 Å². The maximum atomic E-state index is 11.3. The number of nitrogens with one attached hydrogen (secondary N) is 2. The Morgan fingerprint density at radius 3 is 2.47 bits per heavy atom. The van der Waals surface area contributed by atoms with Crippen molar-refractivity contribution in [2.24, 2.45) is 5.73 Å². The highest BCUT2D eigenvalue weighted by atomic mass is 16.4. The highest BCUT2D eigenvalue weighted by molar-refractivity contribution is 5.82. The van der Waals surface area contributed by atoms with Gasteiger partial charge in [0.05, 0.1) is 0 Å². The molecule has 98 valence electrons. The number of hydrogen-bond acceptors (Lipinski definition) is 3. The molecule has 0 saturated carbocycles. The van der Waals surface area contributed by atoms with Crippen LogP contribution in [0.5, 0.6) is 0 Å². The smallest absolute Gasteiger partial charge is 0.326 e. The molecule has 0 rings (SSSR count). The Morgan fingerprint density at radius 2 is 2.00 bits per heavy atom. The number of carbonyl (C=O) groups is 3. The summed E-state index contributed by atoms with van der Waals surface area (Å²) in [6, 6.07) is -1.42. The summed E-state index contributed by atoms with van der Waals surface area (Å²) in [7, 11) is 0. The van der Waals surface area contributed by atoms with E-state index in [0.717, 1.165) is 0 Å². The van der Waals surface area contributed by atoms with Crippen LogP contribution in [0.3, 0.4) is 0 Å². The van der Waals surface area contributed by atoms with Crippen molar-refractivity contribution in [3.8, 4) is 0 Å². The summed E-state index contributed by atoms with van der Waals surface area (Å²) >= 11 is 0. The molecule has 0 radical (unpaired) electrons. The van der Waals surface area contributed by atoms with E-state index in [0.29, 0.717) is 19.3 Å². The molecule has 0 bridgehead atoms. The van der Waals surface area contributed by atoms with E-state index in [1.165, 1.54) is 0 Å². The summed E-state index contributed by atoms with van der Waals surface area (Å²) in [5, 5.41) is 13.6. The Bertz CT molecular complexity index is 281. The summed E-state index contributed by atoms with van der Waals surface area (Å²) in [6.07, 6.45) is 1.68. The van der Waals surface area contributed by atoms with Crippen LogP contribution in [0.4, 0.5) is 4.79 Å². The lowest BCUT2D eigenvalue weighted by Gasteiger charge is -2.14. The average molecular weight is 245 g/mol. The zero-order valence-electron chi connectivity index (χ0n) is 9.86. The van der Waals surface area contributed by atoms with Gasteiger partial charge in [-0.05, 0) is 12.8 Å². The standard InChI is InChI=1S/C10H19N3O4/c1-2-4-7(9(15)16)13-10(17)12-6-3-5-8(11)14/h7H,2-6H2,1H3,(H2,11,14)(H,15,16)(H2,12,13,17). The van der Waals surface area contributed by atoms with E-state index < -0.39 is 23.9 Å². The average Bonchev–Trinajstić information content (AvgIpc) is 2.23. The number of carboxylic acid groups (broad SMARTS) is 1. The van der Waals surface area contributed by atoms with Gasteiger partial charge in [-0.15, -0.1) is 0 Å². The topological polar surface area (TPSA) is 122 Å². The Morgan fingerprint density at radius 1 is 1.35 bits per heavy atom. The van der Waals surface area contributed by atoms with Gasteiger partial charge in [0.2, 0.25) is 5.91 Å². The van der Waals surface area contributed by atoms with Gasteiger partial charge < -0.3 is 21.5 Å². The number of amides is 3. The summed E-state index contributed by atoms with van der Waals surface area (Å²) in [4.78, 5) is 32.4. The quantitative estimate of drug-likeness (QED) is 0.442. The van der Waals surface area contributed by atoms with Gasteiger partial charge in [-0.1, -0.05) is 13.3 Å². The number of primary amides is 1. The number of urea groups is 1. The lowest BCUT2D eigenvalue weighted by Crippen LogP contribution is -2.46. The summed E-state index contributed by atoms with van der Waals surface area (Å²) in [5.74, 6) is -1.49. The van der Waals surface area contributed by atoms with Crippen LogP contribution < -0.4 is 16.4 Å². The van der Waals surface area contributed by atoms with Crippen LogP contribution in [0.15, 0.2) is 0 Å². The summed E-state index contributed by atoms with van der Waals surface area (Å²) in [5.41, 5.74) is 4.92. The molecule has 0 aromatic heterocycles. The normalized spacial score (nSPS) is 11.6. The minimum Gasteiger partial charge on any atom is -0.480 e. The van der Waals surface area contributed by atoms with Gasteiger partial charge in [-0.3, -0.25) is 4.79 Å². The molecular formula is C10H19N3O4. The molecular weight excluding hydrogens is 226 g/mol. The molecule has 0 aliphatic rings. The molecule has 1 atom stereocenters. The second kappa shape index (κ2) is 8.37. The van der Waals surface area contributed by atoms with E-state index in [-0.39, 0.29) is 13.0 Å².